The third-order valence-electron chi connectivity index (χ3n) is 3.01. The van der Waals surface area contributed by atoms with Crippen LogP contribution in [0.5, 0.6) is 0 Å². The molecule has 4 nitrogen and oxygen atoms in total. The first-order valence-corrected chi connectivity index (χ1v) is 5.40. The molecule has 1 aromatic heterocycles. The Morgan fingerprint density at radius 1 is 1.43 bits per heavy atom. The number of fused-ring (bicyclic) bond motifs is 1. The molecular formula is C10H18N4. The minimum Gasteiger partial charge on any atom is -0.297 e. The van der Waals surface area contributed by atoms with Crippen molar-refractivity contribution < 1.29 is 0 Å². The zero-order valence-corrected chi connectivity index (χ0v) is 8.95. The molecule has 0 fully saturated rings. The molecule has 0 bridgehead atoms. The van der Waals surface area contributed by atoms with E-state index in [9.17, 15) is 0 Å². The van der Waals surface area contributed by atoms with Gasteiger partial charge in [-0.2, -0.15) is 15.4 Å². The standard InChI is InChI=1S/C10H18N4/c1-3-8(2)6-14-5-4-9-10(7-14)12-13-11-9/h8H,3-7H2,1-2H3,(H,11,12,13). The van der Waals surface area contributed by atoms with Crippen LogP contribution in [0.3, 0.4) is 0 Å². The normalized spacial score (nSPS) is 19.3. The summed E-state index contributed by atoms with van der Waals surface area (Å²) in [5.41, 5.74) is 2.30. The van der Waals surface area contributed by atoms with E-state index >= 15 is 0 Å². The molecule has 0 saturated heterocycles. The number of aromatic nitrogens is 3. The van der Waals surface area contributed by atoms with Crippen molar-refractivity contribution >= 4 is 0 Å². The number of nitrogens with zero attached hydrogens (tertiary/aromatic N) is 3. The van der Waals surface area contributed by atoms with Crippen LogP contribution in [-0.2, 0) is 13.0 Å². The Hall–Kier alpha value is -0.900. The fourth-order valence-corrected chi connectivity index (χ4v) is 1.88. The number of aromatic amines is 1. The first kappa shape index (κ1) is 9.65. The van der Waals surface area contributed by atoms with Gasteiger partial charge in [0.25, 0.3) is 0 Å². The minimum absolute atomic E-state index is 0.781. The number of H-pyrrole nitrogens is 1. The van der Waals surface area contributed by atoms with E-state index in [1.54, 1.807) is 0 Å². The van der Waals surface area contributed by atoms with Crippen molar-refractivity contribution in [2.75, 3.05) is 13.1 Å². The Labute approximate surface area is 84.7 Å². The molecular weight excluding hydrogens is 176 g/mol. The first-order valence-electron chi connectivity index (χ1n) is 5.40. The molecule has 1 unspecified atom stereocenters. The van der Waals surface area contributed by atoms with Gasteiger partial charge in [-0.15, -0.1) is 0 Å². The van der Waals surface area contributed by atoms with Crippen LogP contribution >= 0.6 is 0 Å². The van der Waals surface area contributed by atoms with E-state index in [-0.39, 0.29) is 0 Å². The monoisotopic (exact) mass is 194 g/mol. The molecule has 4 heteroatoms. The number of hydrogen-bond donors (Lipinski definition) is 1. The molecule has 0 radical (unpaired) electrons. The van der Waals surface area contributed by atoms with Crippen LogP contribution < -0.4 is 0 Å². The minimum atomic E-state index is 0.781. The smallest absolute Gasteiger partial charge is 0.0997 e. The Balaban J connectivity index is 1.94. The third kappa shape index (κ3) is 1.95. The van der Waals surface area contributed by atoms with E-state index in [0.717, 1.165) is 36.8 Å². The summed E-state index contributed by atoms with van der Waals surface area (Å²) >= 11 is 0. The van der Waals surface area contributed by atoms with E-state index in [1.807, 2.05) is 0 Å². The van der Waals surface area contributed by atoms with Crippen molar-refractivity contribution in [1.82, 2.24) is 20.3 Å². The van der Waals surface area contributed by atoms with E-state index in [2.05, 4.69) is 34.2 Å². The Bertz CT molecular complexity index is 294. The van der Waals surface area contributed by atoms with Crippen LogP contribution in [0.2, 0.25) is 0 Å². The predicted octanol–water partition coefficient (Wildman–Crippen LogP) is 1.21. The van der Waals surface area contributed by atoms with Crippen molar-refractivity contribution in [1.29, 1.82) is 0 Å². The number of nitrogens with one attached hydrogen (secondary N) is 1. The summed E-state index contributed by atoms with van der Waals surface area (Å²) < 4.78 is 0. The van der Waals surface area contributed by atoms with Crippen LogP contribution in [0.1, 0.15) is 31.7 Å². The van der Waals surface area contributed by atoms with E-state index in [4.69, 9.17) is 0 Å². The zero-order chi connectivity index (χ0) is 9.97. The molecule has 0 saturated carbocycles. The third-order valence-corrected chi connectivity index (χ3v) is 3.01. The second kappa shape index (κ2) is 4.09. The summed E-state index contributed by atoms with van der Waals surface area (Å²) in [6.45, 7) is 7.83. The summed E-state index contributed by atoms with van der Waals surface area (Å²) in [5, 5.41) is 11.0. The van der Waals surface area contributed by atoms with Crippen LogP contribution in [-0.4, -0.2) is 33.4 Å². The van der Waals surface area contributed by atoms with Gasteiger partial charge in [-0.3, -0.25) is 4.90 Å². The van der Waals surface area contributed by atoms with Gasteiger partial charge in [0.15, 0.2) is 0 Å². The van der Waals surface area contributed by atoms with Crippen molar-refractivity contribution in [3.05, 3.63) is 11.4 Å². The quantitative estimate of drug-likeness (QED) is 0.786. The Morgan fingerprint density at radius 3 is 3.00 bits per heavy atom. The van der Waals surface area contributed by atoms with Crippen LogP contribution in [0.15, 0.2) is 0 Å². The Kier molecular flexibility index (Phi) is 2.82. The lowest BCUT2D eigenvalue weighted by Crippen LogP contribution is -2.33. The molecule has 1 aromatic rings. The lowest BCUT2D eigenvalue weighted by Gasteiger charge is -2.27. The number of hydrogen-bond acceptors (Lipinski definition) is 3. The van der Waals surface area contributed by atoms with E-state index in [1.165, 1.54) is 13.0 Å². The molecule has 2 rings (SSSR count). The summed E-state index contributed by atoms with van der Waals surface area (Å²) in [4.78, 5) is 2.47. The molecule has 78 valence electrons. The molecule has 14 heavy (non-hydrogen) atoms. The van der Waals surface area contributed by atoms with Crippen molar-refractivity contribution in [2.24, 2.45) is 5.92 Å². The van der Waals surface area contributed by atoms with Crippen LogP contribution in [0, 0.1) is 5.92 Å². The van der Waals surface area contributed by atoms with Gasteiger partial charge in [-0.25, -0.2) is 0 Å². The maximum Gasteiger partial charge on any atom is 0.0997 e. The van der Waals surface area contributed by atoms with Gasteiger partial charge in [-0.1, -0.05) is 20.3 Å². The fourth-order valence-electron chi connectivity index (χ4n) is 1.88. The fraction of sp³-hybridized carbons (Fsp3) is 0.800. The maximum absolute atomic E-state index is 4.16. The molecule has 2 heterocycles. The SMILES string of the molecule is CCC(C)CN1CCc2n[nH]nc2C1. The largest absolute Gasteiger partial charge is 0.297 e. The average molecular weight is 194 g/mol. The highest BCUT2D eigenvalue weighted by Gasteiger charge is 2.20. The summed E-state index contributed by atoms with van der Waals surface area (Å²) in [7, 11) is 0. The van der Waals surface area contributed by atoms with Crippen molar-refractivity contribution in [3.63, 3.8) is 0 Å². The molecule has 1 N–H and O–H groups in total. The van der Waals surface area contributed by atoms with Crippen LogP contribution in [0.4, 0.5) is 0 Å². The number of rotatable bonds is 3. The van der Waals surface area contributed by atoms with Gasteiger partial charge in [0, 0.05) is 26.1 Å². The predicted molar refractivity (Wildman–Crippen MR) is 54.8 cm³/mol. The zero-order valence-electron chi connectivity index (χ0n) is 8.95. The topological polar surface area (TPSA) is 44.8 Å². The van der Waals surface area contributed by atoms with E-state index in [0.29, 0.717) is 0 Å². The Morgan fingerprint density at radius 2 is 2.21 bits per heavy atom. The highest BCUT2D eigenvalue weighted by atomic mass is 15.3. The maximum atomic E-state index is 4.16. The summed E-state index contributed by atoms with van der Waals surface area (Å²) in [6.07, 6.45) is 2.30. The molecule has 0 aliphatic carbocycles. The van der Waals surface area contributed by atoms with Gasteiger partial charge in [0.1, 0.15) is 0 Å². The van der Waals surface area contributed by atoms with Crippen molar-refractivity contribution in [3.8, 4) is 0 Å². The van der Waals surface area contributed by atoms with Gasteiger partial charge in [0.05, 0.1) is 11.4 Å². The summed E-state index contributed by atoms with van der Waals surface area (Å²) in [6, 6.07) is 0. The molecule has 0 amide bonds. The average Bonchev–Trinajstić information content (AvgIpc) is 2.64. The second-order valence-corrected chi connectivity index (χ2v) is 4.22. The lowest BCUT2D eigenvalue weighted by molar-refractivity contribution is 0.214. The lowest BCUT2D eigenvalue weighted by atomic mass is 10.1. The summed E-state index contributed by atoms with van der Waals surface area (Å²) in [5.74, 6) is 0.781. The van der Waals surface area contributed by atoms with Gasteiger partial charge in [0.2, 0.25) is 0 Å². The molecule has 1 aliphatic rings. The van der Waals surface area contributed by atoms with Gasteiger partial charge < -0.3 is 0 Å². The van der Waals surface area contributed by atoms with Gasteiger partial charge in [-0.05, 0) is 5.92 Å². The molecule has 1 atom stereocenters. The first-order chi connectivity index (χ1) is 6.79. The highest BCUT2D eigenvalue weighted by molar-refractivity contribution is 5.11. The van der Waals surface area contributed by atoms with Crippen LogP contribution in [0.25, 0.3) is 0 Å². The molecule has 1 aliphatic heterocycles. The van der Waals surface area contributed by atoms with Crippen molar-refractivity contribution in [2.45, 2.75) is 33.2 Å². The second-order valence-electron chi connectivity index (χ2n) is 4.22. The van der Waals surface area contributed by atoms with Gasteiger partial charge >= 0.3 is 0 Å². The van der Waals surface area contributed by atoms with E-state index < -0.39 is 0 Å². The highest BCUT2D eigenvalue weighted by Crippen LogP contribution is 2.15. The molecule has 0 aromatic carbocycles. The molecule has 0 spiro atoms.